The highest BCUT2D eigenvalue weighted by Crippen LogP contribution is 2.22. The van der Waals surface area contributed by atoms with Crippen LogP contribution >= 0.6 is 0 Å². The average Bonchev–Trinajstić information content (AvgIpc) is 2.85. The first-order chi connectivity index (χ1) is 8.58. The van der Waals surface area contributed by atoms with Gasteiger partial charge >= 0.3 is 5.97 Å². The van der Waals surface area contributed by atoms with E-state index in [1.54, 1.807) is 0 Å². The van der Waals surface area contributed by atoms with Gasteiger partial charge in [0.05, 0.1) is 12.5 Å². The molecular formula is C12H13NO5. The molecule has 18 heavy (non-hydrogen) atoms. The van der Waals surface area contributed by atoms with E-state index < -0.39 is 5.97 Å². The van der Waals surface area contributed by atoms with E-state index in [4.69, 9.17) is 9.84 Å². The van der Waals surface area contributed by atoms with Crippen molar-refractivity contribution in [2.24, 2.45) is 5.92 Å². The number of carboxylic acids is 1. The molecule has 2 rings (SSSR count). The van der Waals surface area contributed by atoms with Crippen molar-refractivity contribution in [2.45, 2.75) is 6.42 Å². The molecule has 1 fully saturated rings. The van der Waals surface area contributed by atoms with E-state index in [0.717, 1.165) is 0 Å². The van der Waals surface area contributed by atoms with Crippen LogP contribution < -0.4 is 5.32 Å². The number of benzene rings is 1. The summed E-state index contributed by atoms with van der Waals surface area (Å²) in [5.74, 6) is -1.97. The lowest BCUT2D eigenvalue weighted by Gasteiger charge is -2.10. The van der Waals surface area contributed by atoms with E-state index in [9.17, 15) is 14.7 Å². The lowest BCUT2D eigenvalue weighted by Crippen LogP contribution is -2.22. The van der Waals surface area contributed by atoms with E-state index >= 15 is 0 Å². The smallest absolute Gasteiger partial charge is 0.339 e. The van der Waals surface area contributed by atoms with E-state index in [2.05, 4.69) is 5.32 Å². The molecule has 1 amide bonds. The fraction of sp³-hybridized carbons (Fsp3) is 0.333. The molecule has 0 spiro atoms. The van der Waals surface area contributed by atoms with Crippen molar-refractivity contribution in [3.8, 4) is 5.75 Å². The molecule has 1 saturated heterocycles. The summed E-state index contributed by atoms with van der Waals surface area (Å²) in [7, 11) is 0. The molecule has 1 aromatic carbocycles. The fourth-order valence-corrected chi connectivity index (χ4v) is 1.77. The number of hydrogen-bond acceptors (Lipinski definition) is 4. The Morgan fingerprint density at radius 3 is 2.78 bits per heavy atom. The monoisotopic (exact) mass is 251 g/mol. The van der Waals surface area contributed by atoms with Crippen molar-refractivity contribution in [1.29, 1.82) is 0 Å². The Bertz CT molecular complexity index is 479. The topological polar surface area (TPSA) is 95.9 Å². The second-order valence-corrected chi connectivity index (χ2v) is 4.09. The first-order valence-corrected chi connectivity index (χ1v) is 5.53. The Labute approximate surface area is 103 Å². The fourth-order valence-electron chi connectivity index (χ4n) is 1.77. The van der Waals surface area contributed by atoms with Gasteiger partial charge in [0.2, 0.25) is 5.91 Å². The maximum absolute atomic E-state index is 11.8. The van der Waals surface area contributed by atoms with Gasteiger partial charge in [-0.1, -0.05) is 0 Å². The molecule has 0 unspecified atom stereocenters. The number of ether oxygens (including phenoxy) is 1. The highest BCUT2D eigenvalue weighted by atomic mass is 16.5. The summed E-state index contributed by atoms with van der Waals surface area (Å²) < 4.78 is 5.10. The van der Waals surface area contributed by atoms with Crippen molar-refractivity contribution >= 4 is 17.6 Å². The number of nitrogens with one attached hydrogen (secondary N) is 1. The van der Waals surface area contributed by atoms with Crippen LogP contribution in [0.3, 0.4) is 0 Å². The van der Waals surface area contributed by atoms with Gasteiger partial charge in [0.1, 0.15) is 11.3 Å². The van der Waals surface area contributed by atoms with E-state index in [0.29, 0.717) is 25.3 Å². The van der Waals surface area contributed by atoms with E-state index in [1.807, 2.05) is 0 Å². The summed E-state index contributed by atoms with van der Waals surface area (Å²) in [4.78, 5) is 22.6. The van der Waals surface area contributed by atoms with Gasteiger partial charge < -0.3 is 20.3 Å². The van der Waals surface area contributed by atoms with Gasteiger partial charge in [-0.3, -0.25) is 4.79 Å². The summed E-state index contributed by atoms with van der Waals surface area (Å²) in [5.41, 5.74) is 0.109. The van der Waals surface area contributed by atoms with Crippen LogP contribution in [0.4, 0.5) is 5.69 Å². The molecule has 6 nitrogen and oxygen atoms in total. The van der Waals surface area contributed by atoms with Crippen LogP contribution in [0.1, 0.15) is 16.8 Å². The van der Waals surface area contributed by atoms with Crippen molar-refractivity contribution in [2.75, 3.05) is 18.5 Å². The predicted molar refractivity (Wildman–Crippen MR) is 62.6 cm³/mol. The van der Waals surface area contributed by atoms with Gasteiger partial charge in [0, 0.05) is 12.3 Å². The third-order valence-corrected chi connectivity index (χ3v) is 2.79. The number of rotatable bonds is 3. The molecule has 0 aromatic heterocycles. The van der Waals surface area contributed by atoms with Gasteiger partial charge in [-0.25, -0.2) is 4.79 Å². The van der Waals surface area contributed by atoms with E-state index in [1.165, 1.54) is 18.2 Å². The van der Waals surface area contributed by atoms with Crippen LogP contribution in [-0.4, -0.2) is 35.3 Å². The number of amides is 1. The molecule has 0 saturated carbocycles. The Morgan fingerprint density at radius 2 is 2.17 bits per heavy atom. The summed E-state index contributed by atoms with van der Waals surface area (Å²) in [6.45, 7) is 0.948. The standard InChI is InChI=1S/C12H13NO5/c14-10-2-1-8(5-9(10)12(16)17)13-11(15)7-3-4-18-6-7/h1-2,5,7,14H,3-4,6H2,(H,13,15)(H,16,17)/t7-/m1/s1. The Balaban J connectivity index is 2.11. The molecule has 1 atom stereocenters. The maximum atomic E-state index is 11.8. The summed E-state index contributed by atoms with van der Waals surface area (Å²) in [5, 5.41) is 20.8. The SMILES string of the molecule is O=C(O)c1cc(NC(=O)[C@@H]2CCOC2)ccc1O. The van der Waals surface area contributed by atoms with Crippen molar-refractivity contribution in [3.63, 3.8) is 0 Å². The van der Waals surface area contributed by atoms with Crippen molar-refractivity contribution < 1.29 is 24.5 Å². The Morgan fingerprint density at radius 1 is 1.39 bits per heavy atom. The number of aromatic hydroxyl groups is 1. The van der Waals surface area contributed by atoms with Crippen LogP contribution in [0.15, 0.2) is 18.2 Å². The lowest BCUT2D eigenvalue weighted by atomic mass is 10.1. The number of carboxylic acid groups (broad SMARTS) is 1. The first kappa shape index (κ1) is 12.4. The van der Waals surface area contributed by atoms with Gasteiger partial charge in [-0.2, -0.15) is 0 Å². The molecule has 0 bridgehead atoms. The first-order valence-electron chi connectivity index (χ1n) is 5.53. The quantitative estimate of drug-likeness (QED) is 0.698. The number of carbonyl (C=O) groups excluding carboxylic acids is 1. The molecular weight excluding hydrogens is 238 g/mol. The maximum Gasteiger partial charge on any atom is 0.339 e. The number of carbonyl (C=O) groups is 2. The molecule has 3 N–H and O–H groups in total. The van der Waals surface area contributed by atoms with Crippen LogP contribution in [0, 0.1) is 5.92 Å². The highest BCUT2D eigenvalue weighted by Gasteiger charge is 2.23. The van der Waals surface area contributed by atoms with Gasteiger partial charge in [-0.15, -0.1) is 0 Å². The second kappa shape index (κ2) is 5.05. The molecule has 0 aliphatic carbocycles. The molecule has 0 radical (unpaired) electrons. The summed E-state index contributed by atoms with van der Waals surface area (Å²) in [6, 6.07) is 3.92. The minimum atomic E-state index is -1.24. The van der Waals surface area contributed by atoms with Crippen LogP contribution in [0.2, 0.25) is 0 Å². The highest BCUT2D eigenvalue weighted by molar-refractivity contribution is 5.96. The number of anilines is 1. The van der Waals surface area contributed by atoms with Gasteiger partial charge in [0.15, 0.2) is 0 Å². The number of phenols is 1. The van der Waals surface area contributed by atoms with E-state index in [-0.39, 0.29) is 23.1 Å². The minimum Gasteiger partial charge on any atom is -0.507 e. The van der Waals surface area contributed by atoms with Gasteiger partial charge in [0.25, 0.3) is 0 Å². The third-order valence-electron chi connectivity index (χ3n) is 2.79. The molecule has 6 heteroatoms. The molecule has 1 aliphatic rings. The van der Waals surface area contributed by atoms with Gasteiger partial charge in [-0.05, 0) is 24.6 Å². The summed E-state index contributed by atoms with van der Waals surface area (Å²) in [6.07, 6.45) is 0.662. The Kier molecular flexibility index (Phi) is 3.47. The van der Waals surface area contributed by atoms with Crippen molar-refractivity contribution in [1.82, 2.24) is 0 Å². The number of aromatic carboxylic acids is 1. The molecule has 1 aromatic rings. The molecule has 1 heterocycles. The molecule has 96 valence electrons. The lowest BCUT2D eigenvalue weighted by molar-refractivity contribution is -0.119. The number of hydrogen-bond donors (Lipinski definition) is 3. The third kappa shape index (κ3) is 2.60. The zero-order valence-corrected chi connectivity index (χ0v) is 9.55. The molecule has 1 aliphatic heterocycles. The largest absolute Gasteiger partial charge is 0.507 e. The second-order valence-electron chi connectivity index (χ2n) is 4.09. The zero-order chi connectivity index (χ0) is 13.1. The predicted octanol–water partition coefficient (Wildman–Crippen LogP) is 1.07. The zero-order valence-electron chi connectivity index (χ0n) is 9.55. The minimum absolute atomic E-state index is 0.200. The van der Waals surface area contributed by atoms with Crippen molar-refractivity contribution in [3.05, 3.63) is 23.8 Å². The van der Waals surface area contributed by atoms with Crippen LogP contribution in [0.5, 0.6) is 5.75 Å². The Hall–Kier alpha value is -2.08. The summed E-state index contributed by atoms with van der Waals surface area (Å²) >= 11 is 0. The normalized spacial score (nSPS) is 18.6. The average molecular weight is 251 g/mol. The van der Waals surface area contributed by atoms with Crippen LogP contribution in [-0.2, 0) is 9.53 Å². The van der Waals surface area contributed by atoms with Crippen LogP contribution in [0.25, 0.3) is 0 Å².